The first-order valence-corrected chi connectivity index (χ1v) is 9.71. The van der Waals surface area contributed by atoms with Crippen molar-refractivity contribution in [2.75, 3.05) is 13.7 Å². The first-order valence-electron chi connectivity index (χ1n) is 9.71. The average molecular weight is 393 g/mol. The summed E-state index contributed by atoms with van der Waals surface area (Å²) in [6, 6.07) is 16.5. The van der Waals surface area contributed by atoms with Crippen molar-refractivity contribution in [1.29, 1.82) is 0 Å². The molecule has 0 aromatic heterocycles. The van der Waals surface area contributed by atoms with Crippen molar-refractivity contribution < 1.29 is 19.4 Å². The molecule has 5 heteroatoms. The van der Waals surface area contributed by atoms with Crippen molar-refractivity contribution in [2.45, 2.75) is 33.2 Å². The van der Waals surface area contributed by atoms with Crippen LogP contribution in [-0.2, 0) is 16.0 Å². The molecule has 0 spiro atoms. The number of nitrogens with zero attached hydrogens (tertiary/aromatic N) is 1. The van der Waals surface area contributed by atoms with Crippen LogP contribution in [0.1, 0.15) is 37.9 Å². The summed E-state index contributed by atoms with van der Waals surface area (Å²) in [6.45, 7) is 5.77. The highest BCUT2D eigenvalue weighted by atomic mass is 16.5. The van der Waals surface area contributed by atoms with Gasteiger partial charge in [-0.25, -0.2) is 0 Å². The van der Waals surface area contributed by atoms with Crippen LogP contribution in [0, 0.1) is 5.41 Å². The predicted molar refractivity (Wildman–Crippen MR) is 112 cm³/mol. The van der Waals surface area contributed by atoms with Gasteiger partial charge in [0.25, 0.3) is 5.91 Å². The molecular weight excluding hydrogens is 366 g/mol. The Bertz CT molecular complexity index is 924. The number of amides is 1. The molecule has 152 valence electrons. The molecule has 1 N–H and O–H groups in total. The standard InChI is InChI=1S/C24H27NO4/c1-24(2,3)22(27)19-20(17-8-6-5-7-9-17)25(23(28)21(19)26)15-14-16-10-12-18(29-4)13-11-16/h5-13,20,26H,14-15H2,1-4H3. The van der Waals surface area contributed by atoms with Crippen LogP contribution in [0.25, 0.3) is 0 Å². The van der Waals surface area contributed by atoms with Crippen LogP contribution >= 0.6 is 0 Å². The highest BCUT2D eigenvalue weighted by Gasteiger charge is 2.45. The van der Waals surface area contributed by atoms with Gasteiger partial charge in [-0.2, -0.15) is 0 Å². The topological polar surface area (TPSA) is 66.8 Å². The molecule has 1 amide bonds. The second-order valence-corrected chi connectivity index (χ2v) is 8.25. The van der Waals surface area contributed by atoms with Crippen LogP contribution in [0.4, 0.5) is 0 Å². The molecule has 1 heterocycles. The van der Waals surface area contributed by atoms with Crippen LogP contribution in [0.3, 0.4) is 0 Å². The van der Waals surface area contributed by atoms with Gasteiger partial charge in [0.2, 0.25) is 0 Å². The fourth-order valence-electron chi connectivity index (χ4n) is 3.54. The highest BCUT2D eigenvalue weighted by molar-refractivity contribution is 6.10. The Balaban J connectivity index is 1.93. The monoisotopic (exact) mass is 393 g/mol. The third-order valence-electron chi connectivity index (χ3n) is 5.15. The lowest BCUT2D eigenvalue weighted by atomic mass is 9.82. The second-order valence-electron chi connectivity index (χ2n) is 8.25. The van der Waals surface area contributed by atoms with E-state index in [9.17, 15) is 14.7 Å². The summed E-state index contributed by atoms with van der Waals surface area (Å²) in [4.78, 5) is 27.6. The maximum Gasteiger partial charge on any atom is 0.290 e. The minimum Gasteiger partial charge on any atom is -0.503 e. The molecule has 2 aromatic carbocycles. The highest BCUT2D eigenvalue weighted by Crippen LogP contribution is 2.40. The fraction of sp³-hybridized carbons (Fsp3) is 0.333. The number of carbonyl (C=O) groups is 2. The van der Waals surface area contributed by atoms with Gasteiger partial charge < -0.3 is 14.7 Å². The van der Waals surface area contributed by atoms with Gasteiger partial charge in [0.05, 0.1) is 18.7 Å². The number of benzene rings is 2. The molecule has 0 saturated carbocycles. The van der Waals surface area contributed by atoms with E-state index in [2.05, 4.69) is 0 Å². The maximum absolute atomic E-state index is 13.1. The summed E-state index contributed by atoms with van der Waals surface area (Å²) in [7, 11) is 1.62. The van der Waals surface area contributed by atoms with Crippen molar-refractivity contribution in [1.82, 2.24) is 4.90 Å². The number of rotatable bonds is 6. The van der Waals surface area contributed by atoms with Crippen molar-refractivity contribution in [3.63, 3.8) is 0 Å². The minimum absolute atomic E-state index is 0.184. The molecule has 2 aromatic rings. The number of ketones is 1. The van der Waals surface area contributed by atoms with Crippen molar-refractivity contribution in [2.24, 2.45) is 5.41 Å². The van der Waals surface area contributed by atoms with Crippen molar-refractivity contribution in [3.05, 3.63) is 77.1 Å². The number of aliphatic hydroxyl groups excluding tert-OH is 1. The van der Waals surface area contributed by atoms with E-state index in [1.165, 1.54) is 0 Å². The van der Waals surface area contributed by atoms with E-state index < -0.39 is 23.1 Å². The Hall–Kier alpha value is -3.08. The molecule has 1 aliphatic rings. The molecule has 29 heavy (non-hydrogen) atoms. The van der Waals surface area contributed by atoms with E-state index in [-0.39, 0.29) is 11.4 Å². The summed E-state index contributed by atoms with van der Waals surface area (Å²) in [5.41, 5.74) is 1.33. The summed E-state index contributed by atoms with van der Waals surface area (Å²) < 4.78 is 5.18. The smallest absolute Gasteiger partial charge is 0.290 e. The molecule has 0 aliphatic carbocycles. The lowest BCUT2D eigenvalue weighted by Crippen LogP contribution is -2.34. The lowest BCUT2D eigenvalue weighted by molar-refractivity contribution is -0.129. The minimum atomic E-state index is -0.706. The van der Waals surface area contributed by atoms with Crippen LogP contribution in [-0.4, -0.2) is 35.4 Å². The number of hydrogen-bond donors (Lipinski definition) is 1. The van der Waals surface area contributed by atoms with Gasteiger partial charge >= 0.3 is 0 Å². The fourth-order valence-corrected chi connectivity index (χ4v) is 3.54. The molecular formula is C24H27NO4. The van der Waals surface area contributed by atoms with Crippen LogP contribution in [0.5, 0.6) is 5.75 Å². The third-order valence-corrected chi connectivity index (χ3v) is 5.15. The second kappa shape index (κ2) is 8.11. The Labute approximate surface area is 171 Å². The van der Waals surface area contributed by atoms with E-state index in [1.54, 1.807) is 32.8 Å². The zero-order valence-electron chi connectivity index (χ0n) is 17.3. The summed E-state index contributed by atoms with van der Waals surface area (Å²) in [5, 5.41) is 10.6. The summed E-state index contributed by atoms with van der Waals surface area (Å²) in [6.07, 6.45) is 0.601. The van der Waals surface area contributed by atoms with Gasteiger partial charge in [-0.15, -0.1) is 0 Å². The van der Waals surface area contributed by atoms with E-state index >= 15 is 0 Å². The van der Waals surface area contributed by atoms with Gasteiger partial charge in [-0.1, -0.05) is 63.2 Å². The quantitative estimate of drug-likeness (QED) is 0.797. The molecule has 1 aliphatic heterocycles. The summed E-state index contributed by atoms with van der Waals surface area (Å²) in [5.74, 6) is -0.386. The van der Waals surface area contributed by atoms with Crippen LogP contribution in [0.2, 0.25) is 0 Å². The van der Waals surface area contributed by atoms with E-state index in [0.717, 1.165) is 16.9 Å². The zero-order valence-corrected chi connectivity index (χ0v) is 17.3. The molecule has 5 nitrogen and oxygen atoms in total. The molecule has 3 rings (SSSR count). The Morgan fingerprint density at radius 2 is 1.69 bits per heavy atom. The number of carbonyl (C=O) groups excluding carboxylic acids is 2. The van der Waals surface area contributed by atoms with Gasteiger partial charge in [0, 0.05) is 12.0 Å². The predicted octanol–water partition coefficient (Wildman–Crippen LogP) is 4.25. The maximum atomic E-state index is 13.1. The summed E-state index contributed by atoms with van der Waals surface area (Å²) >= 11 is 0. The van der Waals surface area contributed by atoms with Gasteiger partial charge in [0.15, 0.2) is 11.5 Å². The number of Topliss-reactive ketones (excluding diaryl/α,β-unsaturated/α-hetero) is 1. The van der Waals surface area contributed by atoms with Gasteiger partial charge in [-0.05, 0) is 29.7 Å². The van der Waals surface area contributed by atoms with E-state index in [4.69, 9.17) is 4.74 Å². The number of hydrogen-bond acceptors (Lipinski definition) is 4. The SMILES string of the molecule is COc1ccc(CCN2C(=O)C(O)=C(C(=O)C(C)(C)C)C2c2ccccc2)cc1. The molecule has 0 saturated heterocycles. The van der Waals surface area contributed by atoms with Crippen LogP contribution < -0.4 is 4.74 Å². The lowest BCUT2D eigenvalue weighted by Gasteiger charge is -2.29. The number of methoxy groups -OCH3 is 1. The number of ether oxygens (including phenoxy) is 1. The molecule has 1 unspecified atom stereocenters. The third kappa shape index (κ3) is 4.19. The van der Waals surface area contributed by atoms with Gasteiger partial charge in [-0.3, -0.25) is 9.59 Å². The normalized spacial score (nSPS) is 17.0. The first kappa shape index (κ1) is 20.6. The first-order chi connectivity index (χ1) is 13.7. The molecule has 1 atom stereocenters. The number of aliphatic hydroxyl groups is 1. The van der Waals surface area contributed by atoms with Gasteiger partial charge in [0.1, 0.15) is 5.75 Å². The Morgan fingerprint density at radius 1 is 1.07 bits per heavy atom. The zero-order chi connectivity index (χ0) is 21.2. The van der Waals surface area contributed by atoms with Crippen molar-refractivity contribution in [3.8, 4) is 5.75 Å². The van der Waals surface area contributed by atoms with E-state index in [1.807, 2.05) is 54.6 Å². The molecule has 0 fully saturated rings. The van der Waals surface area contributed by atoms with Crippen molar-refractivity contribution >= 4 is 11.7 Å². The average Bonchev–Trinajstić information content (AvgIpc) is 2.96. The Morgan fingerprint density at radius 3 is 2.24 bits per heavy atom. The Kier molecular flexibility index (Phi) is 5.78. The largest absolute Gasteiger partial charge is 0.503 e. The molecule has 0 bridgehead atoms. The van der Waals surface area contributed by atoms with Crippen LogP contribution in [0.15, 0.2) is 65.9 Å². The molecule has 0 radical (unpaired) electrons. The van der Waals surface area contributed by atoms with E-state index in [0.29, 0.717) is 13.0 Å².